The van der Waals surface area contributed by atoms with Crippen molar-refractivity contribution in [2.45, 2.75) is 17.3 Å². The molecule has 1 heterocycles. The van der Waals surface area contributed by atoms with Crippen LogP contribution in [0.3, 0.4) is 0 Å². The molecule has 1 unspecified atom stereocenters. The topological polar surface area (TPSA) is 161 Å². The number of fused-ring (bicyclic) bond motifs is 1. The van der Waals surface area contributed by atoms with Gasteiger partial charge in [0.2, 0.25) is 20.9 Å². The predicted molar refractivity (Wildman–Crippen MR) is 74.9 cm³/mol. The number of nitrogens with two attached hydrogens (primary N) is 2. The van der Waals surface area contributed by atoms with E-state index in [-0.39, 0.29) is 5.16 Å². The number of primary amides is 1. The first-order valence-electron chi connectivity index (χ1n) is 5.81. The van der Waals surface area contributed by atoms with Gasteiger partial charge in [0.25, 0.3) is 0 Å². The van der Waals surface area contributed by atoms with Crippen molar-refractivity contribution in [1.82, 2.24) is 15.3 Å². The van der Waals surface area contributed by atoms with Gasteiger partial charge < -0.3 is 16.5 Å². The van der Waals surface area contributed by atoms with Crippen LogP contribution in [0, 0.1) is 0 Å². The van der Waals surface area contributed by atoms with Crippen molar-refractivity contribution < 1.29 is 18.0 Å². The number of hydrogen-bond acceptors (Lipinski definition) is 6. The van der Waals surface area contributed by atoms with Crippen LogP contribution in [0.25, 0.3) is 11.0 Å². The molecule has 112 valence electrons. The van der Waals surface area contributed by atoms with Crippen molar-refractivity contribution in [3.63, 3.8) is 0 Å². The quantitative estimate of drug-likeness (QED) is 0.559. The average molecular weight is 311 g/mol. The fourth-order valence-electron chi connectivity index (χ4n) is 1.67. The average Bonchev–Trinajstić information content (AvgIpc) is 2.80. The predicted octanol–water partition coefficient (Wildman–Crippen LogP) is -0.498. The molecule has 0 bridgehead atoms. The van der Waals surface area contributed by atoms with Crippen LogP contribution >= 0.6 is 0 Å². The Balaban J connectivity index is 2.41. The second kappa shape index (κ2) is 5.05. The zero-order valence-corrected chi connectivity index (χ0v) is 11.8. The Morgan fingerprint density at radius 1 is 1.38 bits per heavy atom. The van der Waals surface area contributed by atoms with Crippen LogP contribution in [0.15, 0.2) is 23.4 Å². The number of aromatic nitrogens is 2. The van der Waals surface area contributed by atoms with Crippen LogP contribution in [-0.4, -0.2) is 35.6 Å². The van der Waals surface area contributed by atoms with Crippen molar-refractivity contribution >= 4 is 38.5 Å². The fraction of sp³-hybridized carbons (Fsp3) is 0.182. The maximum absolute atomic E-state index is 12.3. The highest BCUT2D eigenvalue weighted by Crippen LogP contribution is 2.20. The van der Waals surface area contributed by atoms with Crippen molar-refractivity contribution in [2.75, 3.05) is 5.73 Å². The number of sulfone groups is 1. The van der Waals surface area contributed by atoms with Gasteiger partial charge in [-0.2, -0.15) is 0 Å². The van der Waals surface area contributed by atoms with E-state index in [0.29, 0.717) is 16.7 Å². The molecule has 1 atom stereocenters. The summed E-state index contributed by atoms with van der Waals surface area (Å²) in [6, 6.07) is 3.52. The first-order chi connectivity index (χ1) is 9.71. The number of carbonyl (C=O) groups excluding carboxylic acids is 2. The third-order valence-corrected chi connectivity index (χ3v) is 4.71. The van der Waals surface area contributed by atoms with Gasteiger partial charge in [-0.05, 0) is 25.1 Å². The molecule has 0 aliphatic rings. The first kappa shape index (κ1) is 14.8. The number of aromatic amines is 1. The molecule has 0 fully saturated rings. The summed E-state index contributed by atoms with van der Waals surface area (Å²) in [5.74, 6) is -1.03. The Morgan fingerprint density at radius 3 is 2.67 bits per heavy atom. The second-order valence-electron chi connectivity index (χ2n) is 4.36. The summed E-state index contributed by atoms with van der Waals surface area (Å²) < 4.78 is 24.5. The van der Waals surface area contributed by atoms with Gasteiger partial charge in [0, 0.05) is 5.69 Å². The van der Waals surface area contributed by atoms with Gasteiger partial charge in [-0.15, -0.1) is 0 Å². The summed E-state index contributed by atoms with van der Waals surface area (Å²) in [6.07, 6.45) is 0. The van der Waals surface area contributed by atoms with E-state index in [1.807, 2.05) is 0 Å². The monoisotopic (exact) mass is 311 g/mol. The minimum atomic E-state index is -4.09. The van der Waals surface area contributed by atoms with Gasteiger partial charge in [0.15, 0.2) is 0 Å². The smallest absolute Gasteiger partial charge is 0.318 e. The number of benzene rings is 1. The number of anilines is 1. The molecule has 1 aromatic carbocycles. The molecule has 9 nitrogen and oxygen atoms in total. The van der Waals surface area contributed by atoms with Crippen LogP contribution in [0.5, 0.6) is 0 Å². The van der Waals surface area contributed by atoms with E-state index in [1.54, 1.807) is 17.4 Å². The van der Waals surface area contributed by atoms with E-state index < -0.39 is 27.0 Å². The van der Waals surface area contributed by atoms with Gasteiger partial charge in [-0.1, -0.05) is 0 Å². The maximum atomic E-state index is 12.3. The molecule has 6 N–H and O–H groups in total. The molecule has 10 heteroatoms. The highest BCUT2D eigenvalue weighted by Gasteiger charge is 2.33. The minimum Gasteiger partial charge on any atom is -0.399 e. The van der Waals surface area contributed by atoms with Crippen molar-refractivity contribution in [3.05, 3.63) is 18.2 Å². The molecule has 2 aromatic rings. The normalized spacial score (nSPS) is 13.0. The molecule has 0 saturated carbocycles. The molecule has 0 aliphatic heterocycles. The van der Waals surface area contributed by atoms with E-state index in [9.17, 15) is 18.0 Å². The Hall–Kier alpha value is -2.62. The summed E-state index contributed by atoms with van der Waals surface area (Å²) in [6.45, 7) is 1.13. The largest absolute Gasteiger partial charge is 0.399 e. The lowest BCUT2D eigenvalue weighted by atomic mass is 10.3. The number of nitrogens with zero attached hydrogens (tertiary/aromatic N) is 1. The number of hydrogen-bond donors (Lipinski definition) is 4. The molecule has 0 saturated heterocycles. The molecule has 0 radical (unpaired) electrons. The summed E-state index contributed by atoms with van der Waals surface area (Å²) in [7, 11) is -4.09. The number of H-pyrrole nitrogens is 1. The van der Waals surface area contributed by atoms with Crippen LogP contribution in [0.4, 0.5) is 10.5 Å². The first-order valence-corrected chi connectivity index (χ1v) is 7.36. The minimum absolute atomic E-state index is 0.379. The SMILES string of the molecule is CC(C(=O)NC(N)=O)S(=O)(=O)c1nc2ccc(N)cc2[nH]1. The van der Waals surface area contributed by atoms with Crippen LogP contribution in [0.2, 0.25) is 0 Å². The molecule has 1 aromatic heterocycles. The molecular formula is C11H13N5O4S. The van der Waals surface area contributed by atoms with Gasteiger partial charge in [0.1, 0.15) is 5.25 Å². The highest BCUT2D eigenvalue weighted by atomic mass is 32.2. The number of nitrogens with one attached hydrogen (secondary N) is 2. The molecule has 0 aliphatic carbocycles. The van der Waals surface area contributed by atoms with Crippen molar-refractivity contribution in [3.8, 4) is 0 Å². The van der Waals surface area contributed by atoms with E-state index in [2.05, 4.69) is 9.97 Å². The third-order valence-electron chi connectivity index (χ3n) is 2.83. The third kappa shape index (κ3) is 2.79. The second-order valence-corrected chi connectivity index (χ2v) is 6.54. The van der Waals surface area contributed by atoms with E-state index in [0.717, 1.165) is 6.92 Å². The van der Waals surface area contributed by atoms with E-state index in [1.165, 1.54) is 6.07 Å². The number of imide groups is 1. The number of nitrogen functional groups attached to an aromatic ring is 1. The zero-order chi connectivity index (χ0) is 15.8. The molecule has 21 heavy (non-hydrogen) atoms. The van der Waals surface area contributed by atoms with Crippen LogP contribution in [-0.2, 0) is 14.6 Å². The number of urea groups is 1. The Labute approximate surface area is 119 Å². The lowest BCUT2D eigenvalue weighted by Gasteiger charge is -2.09. The van der Waals surface area contributed by atoms with Crippen molar-refractivity contribution in [1.29, 1.82) is 0 Å². The van der Waals surface area contributed by atoms with Gasteiger partial charge >= 0.3 is 6.03 Å². The summed E-state index contributed by atoms with van der Waals surface area (Å²) in [5.41, 5.74) is 11.6. The van der Waals surface area contributed by atoms with Crippen molar-refractivity contribution in [2.24, 2.45) is 5.73 Å². The number of amides is 3. The molecular weight excluding hydrogens is 298 g/mol. The summed E-state index contributed by atoms with van der Waals surface area (Å²) in [5, 5.41) is -0.184. The van der Waals surface area contributed by atoms with Gasteiger partial charge in [-0.25, -0.2) is 18.2 Å². The Bertz CT molecular complexity index is 826. The van der Waals surface area contributed by atoms with Gasteiger partial charge in [-0.3, -0.25) is 10.1 Å². The molecule has 2 rings (SSSR count). The Kier molecular flexibility index (Phi) is 3.56. The summed E-state index contributed by atoms with van der Waals surface area (Å²) >= 11 is 0. The number of imidazole rings is 1. The Morgan fingerprint density at radius 2 is 2.05 bits per heavy atom. The number of rotatable bonds is 3. The lowest BCUT2D eigenvalue weighted by Crippen LogP contribution is -2.43. The van der Waals surface area contributed by atoms with E-state index >= 15 is 0 Å². The lowest BCUT2D eigenvalue weighted by molar-refractivity contribution is -0.119. The highest BCUT2D eigenvalue weighted by molar-refractivity contribution is 7.92. The van der Waals surface area contributed by atoms with Gasteiger partial charge in [0.05, 0.1) is 11.0 Å². The molecule has 0 spiro atoms. The van der Waals surface area contributed by atoms with Crippen LogP contribution in [0.1, 0.15) is 6.92 Å². The zero-order valence-electron chi connectivity index (χ0n) is 11.0. The number of carbonyl (C=O) groups is 2. The molecule has 3 amide bonds. The standard InChI is InChI=1S/C11H13N5O4S/c1-5(9(17)16-10(13)18)21(19,20)11-14-7-3-2-6(12)4-8(7)15-11/h2-5H,12H2,1H3,(H,14,15)(H3,13,16,17,18). The van der Waals surface area contributed by atoms with Crippen LogP contribution < -0.4 is 16.8 Å². The fourth-order valence-corrected chi connectivity index (χ4v) is 2.82. The van der Waals surface area contributed by atoms with E-state index in [4.69, 9.17) is 11.5 Å². The summed E-state index contributed by atoms with van der Waals surface area (Å²) in [4.78, 5) is 28.7. The maximum Gasteiger partial charge on any atom is 0.318 e.